The number of aliphatic hydroxyl groups excluding tert-OH is 5. The van der Waals surface area contributed by atoms with Crippen LogP contribution in [0, 0.1) is 17.8 Å². The predicted octanol–water partition coefficient (Wildman–Crippen LogP) is -2.15. The zero-order valence-electron chi connectivity index (χ0n) is 15.0. The van der Waals surface area contributed by atoms with Gasteiger partial charge in [0.05, 0.1) is 31.7 Å². The number of rotatable bonds is 4. The van der Waals surface area contributed by atoms with Crippen molar-refractivity contribution in [3.63, 3.8) is 0 Å². The molecule has 0 aromatic heterocycles. The van der Waals surface area contributed by atoms with E-state index in [1.807, 2.05) is 0 Å². The largest absolute Gasteiger partial charge is 0.472 e. The minimum atomic E-state index is -1.58. The summed E-state index contributed by atoms with van der Waals surface area (Å²) in [5.74, 6) is -1.63. The van der Waals surface area contributed by atoms with Crippen LogP contribution in [0.3, 0.4) is 0 Å². The second-order valence-corrected chi connectivity index (χ2v) is 7.25. The topological polar surface area (TPSA) is 155 Å². The Labute approximate surface area is 155 Å². The molecule has 0 radical (unpaired) electrons. The highest BCUT2D eigenvalue weighted by Crippen LogP contribution is 2.47. The van der Waals surface area contributed by atoms with Crippen molar-refractivity contribution in [1.29, 1.82) is 0 Å². The molecule has 1 aliphatic carbocycles. The van der Waals surface area contributed by atoms with Crippen LogP contribution in [0.5, 0.6) is 0 Å². The normalized spacial score (nSPS) is 47.0. The van der Waals surface area contributed by atoms with Crippen molar-refractivity contribution in [1.82, 2.24) is 0 Å². The highest BCUT2D eigenvalue weighted by atomic mass is 16.8. The monoisotopic (exact) mass is 390 g/mol. The van der Waals surface area contributed by atoms with E-state index in [0.717, 1.165) is 0 Å². The third kappa shape index (κ3) is 3.58. The number of esters is 1. The second kappa shape index (κ2) is 8.00. The summed E-state index contributed by atoms with van der Waals surface area (Å²) in [6, 6.07) is 0. The molecule has 27 heavy (non-hydrogen) atoms. The van der Waals surface area contributed by atoms with Crippen molar-refractivity contribution in [3.8, 4) is 0 Å². The van der Waals surface area contributed by atoms with Crippen molar-refractivity contribution in [2.24, 2.45) is 17.8 Å². The first kappa shape index (κ1) is 20.5. The lowest BCUT2D eigenvalue weighted by Gasteiger charge is -2.43. The summed E-state index contributed by atoms with van der Waals surface area (Å²) in [6.45, 7) is 1.21. The van der Waals surface area contributed by atoms with Crippen LogP contribution < -0.4 is 0 Å². The number of carbonyl (C=O) groups is 1. The van der Waals surface area contributed by atoms with Gasteiger partial charge in [0.15, 0.2) is 6.29 Å². The Bertz CT molecular complexity index is 578. The first-order valence-corrected chi connectivity index (χ1v) is 8.88. The van der Waals surface area contributed by atoms with E-state index in [0.29, 0.717) is 12.0 Å². The molecule has 0 aromatic rings. The summed E-state index contributed by atoms with van der Waals surface area (Å²) in [5.41, 5.74) is 0.291. The number of ether oxygens (including phenoxy) is 4. The van der Waals surface area contributed by atoms with Crippen LogP contribution in [0.4, 0.5) is 0 Å². The molecular formula is C17H26O10. The summed E-state index contributed by atoms with van der Waals surface area (Å²) in [7, 11) is 1.25. The average molecular weight is 390 g/mol. The van der Waals surface area contributed by atoms with Gasteiger partial charge in [-0.05, 0) is 12.3 Å². The number of hydrogen-bond acceptors (Lipinski definition) is 10. The smallest absolute Gasteiger partial charge is 0.337 e. The summed E-state index contributed by atoms with van der Waals surface area (Å²) in [4.78, 5) is 12.0. The molecule has 0 spiro atoms. The van der Waals surface area contributed by atoms with E-state index in [2.05, 4.69) is 0 Å². The van der Waals surface area contributed by atoms with Crippen LogP contribution in [0.1, 0.15) is 13.3 Å². The maximum absolute atomic E-state index is 12.0. The van der Waals surface area contributed by atoms with Crippen LogP contribution in [0.25, 0.3) is 0 Å². The Balaban J connectivity index is 1.80. The van der Waals surface area contributed by atoms with Gasteiger partial charge in [0.1, 0.15) is 24.4 Å². The van der Waals surface area contributed by atoms with Crippen molar-refractivity contribution in [2.45, 2.75) is 56.4 Å². The van der Waals surface area contributed by atoms with Gasteiger partial charge in [-0.3, -0.25) is 0 Å². The molecule has 0 bridgehead atoms. The molecule has 0 amide bonds. The summed E-state index contributed by atoms with van der Waals surface area (Å²) >= 11 is 0. The minimum Gasteiger partial charge on any atom is -0.472 e. The fourth-order valence-electron chi connectivity index (χ4n) is 4.10. The molecule has 1 saturated carbocycles. The third-order valence-electron chi connectivity index (χ3n) is 5.75. The Morgan fingerprint density at radius 1 is 1.19 bits per heavy atom. The van der Waals surface area contributed by atoms with Crippen molar-refractivity contribution in [3.05, 3.63) is 11.8 Å². The summed E-state index contributed by atoms with van der Waals surface area (Å²) in [6.07, 6.45) is -7.25. The zero-order valence-corrected chi connectivity index (χ0v) is 15.0. The van der Waals surface area contributed by atoms with Gasteiger partial charge in [-0.15, -0.1) is 0 Å². The summed E-state index contributed by atoms with van der Waals surface area (Å²) < 4.78 is 21.4. The Morgan fingerprint density at radius 2 is 1.89 bits per heavy atom. The molecule has 0 aromatic carbocycles. The molecule has 3 aliphatic rings. The van der Waals surface area contributed by atoms with E-state index in [9.17, 15) is 30.3 Å². The zero-order chi connectivity index (χ0) is 19.9. The lowest BCUT2D eigenvalue weighted by molar-refractivity contribution is -0.342. The van der Waals surface area contributed by atoms with Crippen LogP contribution in [0.2, 0.25) is 0 Å². The molecule has 10 nitrogen and oxygen atoms in total. The lowest BCUT2D eigenvalue weighted by Crippen LogP contribution is -2.60. The van der Waals surface area contributed by atoms with Crippen molar-refractivity contribution < 1.29 is 49.3 Å². The molecular weight excluding hydrogens is 364 g/mol. The van der Waals surface area contributed by atoms with Crippen molar-refractivity contribution in [2.75, 3.05) is 13.7 Å². The Kier molecular flexibility index (Phi) is 6.06. The van der Waals surface area contributed by atoms with Gasteiger partial charge in [0.2, 0.25) is 6.29 Å². The molecule has 2 heterocycles. The van der Waals surface area contributed by atoms with E-state index in [4.69, 9.17) is 18.9 Å². The first-order valence-electron chi connectivity index (χ1n) is 8.88. The quantitative estimate of drug-likeness (QED) is 0.336. The minimum absolute atomic E-state index is 0.279. The number of fused-ring (bicyclic) bond motifs is 1. The molecule has 2 fully saturated rings. The first-order chi connectivity index (χ1) is 12.8. The summed E-state index contributed by atoms with van der Waals surface area (Å²) in [5, 5.41) is 49.4. The SMILES string of the molecule is COC(=O)C1=CO[C@@H](OC2OC(CO)C(O)C(O)C2O)C2[C@@H]1C[C@H](O)[C@@H]2C. The molecule has 10 heteroatoms. The standard InChI is InChI=1S/C17H26O10/c1-6-9(19)3-7-8(15(23)24-2)5-25-16(11(6)7)27-17-14(22)13(21)12(20)10(4-18)26-17/h5-7,9-14,16-22H,3-4H2,1-2H3/t6-,7+,9-,10?,11?,12?,13?,14?,16-,17?/m0/s1. The number of carbonyl (C=O) groups excluding carboxylic acids is 1. The molecule has 1 saturated heterocycles. The van der Waals surface area contributed by atoms with Crippen LogP contribution in [-0.2, 0) is 23.7 Å². The molecule has 6 unspecified atom stereocenters. The molecule has 3 rings (SSSR count). The fourth-order valence-corrected chi connectivity index (χ4v) is 4.10. The fraction of sp³-hybridized carbons (Fsp3) is 0.824. The van der Waals surface area contributed by atoms with E-state index in [1.54, 1.807) is 6.92 Å². The number of aliphatic hydroxyl groups is 5. The van der Waals surface area contributed by atoms with Crippen LogP contribution in [-0.4, -0.2) is 88.3 Å². The number of methoxy groups -OCH3 is 1. The van der Waals surface area contributed by atoms with E-state index < -0.39 is 61.6 Å². The maximum atomic E-state index is 12.0. The van der Waals surface area contributed by atoms with E-state index in [1.165, 1.54) is 13.4 Å². The predicted molar refractivity (Wildman–Crippen MR) is 86.6 cm³/mol. The molecule has 5 N–H and O–H groups in total. The van der Waals surface area contributed by atoms with E-state index in [-0.39, 0.29) is 11.8 Å². The Morgan fingerprint density at radius 3 is 2.52 bits per heavy atom. The second-order valence-electron chi connectivity index (χ2n) is 7.25. The molecule has 2 aliphatic heterocycles. The van der Waals surface area contributed by atoms with Crippen LogP contribution in [0.15, 0.2) is 11.8 Å². The maximum Gasteiger partial charge on any atom is 0.337 e. The molecule has 10 atom stereocenters. The van der Waals surface area contributed by atoms with Gasteiger partial charge >= 0.3 is 5.97 Å². The van der Waals surface area contributed by atoms with Gasteiger partial charge in [0.25, 0.3) is 0 Å². The average Bonchev–Trinajstić information content (AvgIpc) is 2.96. The van der Waals surface area contributed by atoms with Crippen LogP contribution >= 0.6 is 0 Å². The van der Waals surface area contributed by atoms with Gasteiger partial charge in [-0.1, -0.05) is 6.92 Å². The molecule has 154 valence electrons. The highest BCUT2D eigenvalue weighted by molar-refractivity contribution is 5.89. The third-order valence-corrected chi connectivity index (χ3v) is 5.75. The van der Waals surface area contributed by atoms with Gasteiger partial charge in [-0.25, -0.2) is 4.79 Å². The van der Waals surface area contributed by atoms with E-state index >= 15 is 0 Å². The van der Waals surface area contributed by atoms with Gasteiger partial charge in [0, 0.05) is 11.8 Å². The van der Waals surface area contributed by atoms with Crippen molar-refractivity contribution >= 4 is 5.97 Å². The lowest BCUT2D eigenvalue weighted by atomic mass is 9.83. The van der Waals surface area contributed by atoms with Gasteiger partial charge < -0.3 is 44.5 Å². The van der Waals surface area contributed by atoms with Gasteiger partial charge in [-0.2, -0.15) is 0 Å². The number of hydrogen-bond donors (Lipinski definition) is 5. The highest BCUT2D eigenvalue weighted by Gasteiger charge is 2.53. The Hall–Kier alpha value is -1.27.